The van der Waals surface area contributed by atoms with E-state index in [2.05, 4.69) is 5.32 Å². The first kappa shape index (κ1) is 13.3. The van der Waals surface area contributed by atoms with Crippen molar-refractivity contribution in [1.82, 2.24) is 5.32 Å². The molecule has 19 heavy (non-hydrogen) atoms. The summed E-state index contributed by atoms with van der Waals surface area (Å²) in [7, 11) is 0. The molecule has 7 nitrogen and oxygen atoms in total. The number of carboxylic acids is 1. The van der Waals surface area contributed by atoms with Gasteiger partial charge in [-0.1, -0.05) is 0 Å². The Kier molecular flexibility index (Phi) is 3.66. The molecule has 0 aromatic heterocycles. The zero-order valence-corrected chi connectivity index (χ0v) is 10.5. The summed E-state index contributed by atoms with van der Waals surface area (Å²) in [5.74, 6) is -1.15. The van der Waals surface area contributed by atoms with Gasteiger partial charge in [-0.3, -0.25) is 10.1 Å². The number of hydrogen-bond acceptors (Lipinski definition) is 5. The van der Waals surface area contributed by atoms with Crippen molar-refractivity contribution < 1.29 is 14.8 Å². The summed E-state index contributed by atoms with van der Waals surface area (Å²) in [5, 5.41) is 23.3. The number of anilines is 1. The summed E-state index contributed by atoms with van der Waals surface area (Å²) in [6, 6.07) is 2.62. The van der Waals surface area contributed by atoms with E-state index < -0.39 is 10.9 Å². The fourth-order valence-electron chi connectivity index (χ4n) is 2.23. The molecule has 1 aromatic carbocycles. The lowest BCUT2D eigenvalue weighted by atomic mass is 10.1. The molecule has 0 unspecified atom stereocenters. The highest BCUT2D eigenvalue weighted by molar-refractivity contribution is 5.90. The largest absolute Gasteiger partial charge is 0.478 e. The third-order valence-electron chi connectivity index (χ3n) is 3.25. The van der Waals surface area contributed by atoms with Crippen molar-refractivity contribution in [3.63, 3.8) is 0 Å². The molecule has 0 atom stereocenters. The predicted octanol–water partition coefficient (Wildman–Crippen LogP) is 1.01. The molecule has 0 spiro atoms. The fourth-order valence-corrected chi connectivity index (χ4v) is 2.23. The standard InChI is InChI=1S/C12H15N3O4/c1-8-10(14-4-2-13-3-5-14)6-9(12(16)17)7-11(8)15(18)19/h6-7,13H,2-5H2,1H3,(H,16,17). The Hall–Kier alpha value is -2.15. The maximum absolute atomic E-state index is 11.1. The van der Waals surface area contributed by atoms with E-state index in [1.807, 2.05) is 4.90 Å². The lowest BCUT2D eigenvalue weighted by molar-refractivity contribution is -0.385. The van der Waals surface area contributed by atoms with E-state index in [1.54, 1.807) is 6.92 Å². The molecule has 102 valence electrons. The molecule has 1 heterocycles. The maximum Gasteiger partial charge on any atom is 0.336 e. The number of nitrogens with zero attached hydrogens (tertiary/aromatic N) is 2. The summed E-state index contributed by atoms with van der Waals surface area (Å²) >= 11 is 0. The number of nitro groups is 1. The van der Waals surface area contributed by atoms with Crippen molar-refractivity contribution in [3.8, 4) is 0 Å². The number of hydrogen-bond donors (Lipinski definition) is 2. The van der Waals surface area contributed by atoms with Crippen LogP contribution in [0.1, 0.15) is 15.9 Å². The summed E-state index contributed by atoms with van der Waals surface area (Å²) in [6.45, 7) is 4.64. The van der Waals surface area contributed by atoms with Crippen LogP contribution in [-0.2, 0) is 0 Å². The van der Waals surface area contributed by atoms with E-state index in [-0.39, 0.29) is 11.3 Å². The molecule has 1 aromatic rings. The summed E-state index contributed by atoms with van der Waals surface area (Å²) in [5.41, 5.74) is 0.948. The van der Waals surface area contributed by atoms with Gasteiger partial charge in [-0.2, -0.15) is 0 Å². The third kappa shape index (κ3) is 2.65. The number of piperazine rings is 1. The molecule has 0 radical (unpaired) electrons. The van der Waals surface area contributed by atoms with Crippen LogP contribution in [-0.4, -0.2) is 42.2 Å². The van der Waals surface area contributed by atoms with Gasteiger partial charge in [0.1, 0.15) is 0 Å². The minimum absolute atomic E-state index is 0.0502. The van der Waals surface area contributed by atoms with Gasteiger partial charge in [0.25, 0.3) is 5.69 Å². The van der Waals surface area contributed by atoms with Crippen molar-refractivity contribution in [1.29, 1.82) is 0 Å². The molecule has 2 rings (SSSR count). The first-order chi connectivity index (χ1) is 9.00. The number of carboxylic acid groups (broad SMARTS) is 1. The van der Waals surface area contributed by atoms with Gasteiger partial charge in [0, 0.05) is 37.9 Å². The zero-order chi connectivity index (χ0) is 14.0. The SMILES string of the molecule is Cc1c(N2CCNCC2)cc(C(=O)O)cc1[N+](=O)[O-]. The van der Waals surface area contributed by atoms with E-state index in [4.69, 9.17) is 5.11 Å². The van der Waals surface area contributed by atoms with Gasteiger partial charge in [0.15, 0.2) is 0 Å². The van der Waals surface area contributed by atoms with Gasteiger partial charge >= 0.3 is 5.97 Å². The van der Waals surface area contributed by atoms with Crippen LogP contribution in [0.3, 0.4) is 0 Å². The quantitative estimate of drug-likeness (QED) is 0.625. The van der Waals surface area contributed by atoms with E-state index in [0.717, 1.165) is 19.2 Å². The Balaban J connectivity index is 2.51. The molecular weight excluding hydrogens is 250 g/mol. The van der Waals surface area contributed by atoms with Gasteiger partial charge < -0.3 is 15.3 Å². The first-order valence-corrected chi connectivity index (χ1v) is 5.98. The molecule has 0 bridgehead atoms. The second kappa shape index (κ2) is 5.23. The topological polar surface area (TPSA) is 95.7 Å². The van der Waals surface area contributed by atoms with Gasteiger partial charge in [-0.25, -0.2) is 4.79 Å². The smallest absolute Gasteiger partial charge is 0.336 e. The minimum Gasteiger partial charge on any atom is -0.478 e. The highest BCUT2D eigenvalue weighted by atomic mass is 16.6. The van der Waals surface area contributed by atoms with Crippen molar-refractivity contribution in [2.75, 3.05) is 31.1 Å². The zero-order valence-electron chi connectivity index (χ0n) is 10.5. The number of rotatable bonds is 3. The summed E-state index contributed by atoms with van der Waals surface area (Å²) in [4.78, 5) is 23.5. The molecule has 2 N–H and O–H groups in total. The number of nitro benzene ring substituents is 1. The molecule has 1 aliphatic rings. The van der Waals surface area contributed by atoms with E-state index in [0.29, 0.717) is 24.3 Å². The number of nitrogens with one attached hydrogen (secondary N) is 1. The van der Waals surface area contributed by atoms with Gasteiger partial charge in [-0.15, -0.1) is 0 Å². The molecule has 1 aliphatic heterocycles. The van der Waals surface area contributed by atoms with Crippen LogP contribution in [0, 0.1) is 17.0 Å². The Morgan fingerprint density at radius 1 is 1.42 bits per heavy atom. The molecule has 0 saturated carbocycles. The average Bonchev–Trinajstić information content (AvgIpc) is 2.39. The van der Waals surface area contributed by atoms with Crippen LogP contribution in [0.2, 0.25) is 0 Å². The lowest BCUT2D eigenvalue weighted by Gasteiger charge is -2.30. The number of benzene rings is 1. The normalized spacial score (nSPS) is 15.3. The van der Waals surface area contributed by atoms with Crippen molar-refractivity contribution in [3.05, 3.63) is 33.4 Å². The van der Waals surface area contributed by atoms with E-state index in [9.17, 15) is 14.9 Å². The first-order valence-electron chi connectivity index (χ1n) is 5.98. The molecule has 1 saturated heterocycles. The lowest BCUT2D eigenvalue weighted by Crippen LogP contribution is -2.43. The summed E-state index contributed by atoms with van der Waals surface area (Å²) < 4.78 is 0. The molecular formula is C12H15N3O4. The summed E-state index contributed by atoms with van der Waals surface area (Å²) in [6.07, 6.45) is 0. The second-order valence-electron chi connectivity index (χ2n) is 4.44. The molecule has 1 fully saturated rings. The predicted molar refractivity (Wildman–Crippen MR) is 69.9 cm³/mol. The van der Waals surface area contributed by atoms with Crippen LogP contribution in [0.25, 0.3) is 0 Å². The third-order valence-corrected chi connectivity index (χ3v) is 3.25. The highest BCUT2D eigenvalue weighted by Crippen LogP contribution is 2.30. The Morgan fingerprint density at radius 2 is 2.05 bits per heavy atom. The van der Waals surface area contributed by atoms with E-state index >= 15 is 0 Å². The average molecular weight is 265 g/mol. The Labute approximate surface area is 110 Å². The van der Waals surface area contributed by atoms with Crippen LogP contribution in [0.15, 0.2) is 12.1 Å². The van der Waals surface area contributed by atoms with Crippen molar-refractivity contribution in [2.24, 2.45) is 0 Å². The molecule has 0 amide bonds. The fraction of sp³-hybridized carbons (Fsp3) is 0.417. The van der Waals surface area contributed by atoms with Crippen LogP contribution in [0.5, 0.6) is 0 Å². The number of aromatic carboxylic acids is 1. The number of carbonyl (C=O) groups is 1. The van der Waals surface area contributed by atoms with Crippen LogP contribution in [0.4, 0.5) is 11.4 Å². The van der Waals surface area contributed by atoms with Gasteiger partial charge in [-0.05, 0) is 13.0 Å². The highest BCUT2D eigenvalue weighted by Gasteiger charge is 2.22. The van der Waals surface area contributed by atoms with Gasteiger partial charge in [0.2, 0.25) is 0 Å². The Morgan fingerprint density at radius 3 is 2.58 bits per heavy atom. The van der Waals surface area contributed by atoms with Crippen LogP contribution >= 0.6 is 0 Å². The maximum atomic E-state index is 11.1. The molecule has 0 aliphatic carbocycles. The minimum atomic E-state index is -1.15. The van der Waals surface area contributed by atoms with Crippen molar-refractivity contribution >= 4 is 17.3 Å². The Bertz CT molecular complexity index is 524. The second-order valence-corrected chi connectivity index (χ2v) is 4.44. The van der Waals surface area contributed by atoms with Crippen molar-refractivity contribution in [2.45, 2.75) is 6.92 Å². The van der Waals surface area contributed by atoms with E-state index in [1.165, 1.54) is 6.07 Å². The van der Waals surface area contributed by atoms with Crippen LogP contribution < -0.4 is 10.2 Å². The molecule has 7 heteroatoms. The van der Waals surface area contributed by atoms with Gasteiger partial charge in [0.05, 0.1) is 16.1 Å². The monoisotopic (exact) mass is 265 g/mol.